The number of nitrogens with one attached hydrogen (secondary N) is 1. The molecule has 0 unspecified atom stereocenters. The van der Waals surface area contributed by atoms with E-state index in [1.165, 1.54) is 12.8 Å². The summed E-state index contributed by atoms with van der Waals surface area (Å²) in [6.07, 6.45) is 4.94. The molecule has 1 saturated heterocycles. The number of carbonyl (C=O) groups excluding carboxylic acids is 1. The number of carbonyl (C=O) groups is 1. The lowest BCUT2D eigenvalue weighted by atomic mass is 10.1. The molecule has 1 aliphatic heterocycles. The average Bonchev–Trinajstić information content (AvgIpc) is 3.50. The van der Waals surface area contributed by atoms with Crippen LogP contribution in [0.5, 0.6) is 11.5 Å². The molecule has 0 aliphatic carbocycles. The van der Waals surface area contributed by atoms with E-state index in [0.29, 0.717) is 25.1 Å². The van der Waals surface area contributed by atoms with Crippen molar-refractivity contribution in [2.75, 3.05) is 32.2 Å². The zero-order valence-corrected chi connectivity index (χ0v) is 20.3. The Labute approximate surface area is 200 Å². The minimum Gasteiger partial charge on any atom is -0.497 e. The SMILES string of the molecule is COc1ccc(OC)c(CNC(=O)CCc2c(C)nn(-c3cc(N4CCCC4)ncn3)c2C)c1. The highest BCUT2D eigenvalue weighted by molar-refractivity contribution is 5.76. The van der Waals surface area contributed by atoms with Gasteiger partial charge in [0, 0.05) is 43.4 Å². The Hall–Kier alpha value is -3.62. The molecule has 1 aromatic carbocycles. The molecule has 1 fully saturated rings. The first-order valence-corrected chi connectivity index (χ1v) is 11.6. The highest BCUT2D eigenvalue weighted by atomic mass is 16.5. The van der Waals surface area contributed by atoms with Crippen molar-refractivity contribution < 1.29 is 14.3 Å². The maximum Gasteiger partial charge on any atom is 0.220 e. The summed E-state index contributed by atoms with van der Waals surface area (Å²) in [6.45, 7) is 6.41. The maximum absolute atomic E-state index is 12.6. The van der Waals surface area contributed by atoms with Crippen LogP contribution in [0.2, 0.25) is 0 Å². The Bertz CT molecular complexity index is 1150. The smallest absolute Gasteiger partial charge is 0.220 e. The molecule has 9 heteroatoms. The fraction of sp³-hybridized carbons (Fsp3) is 0.440. The Morgan fingerprint density at radius 3 is 2.56 bits per heavy atom. The van der Waals surface area contributed by atoms with Crippen LogP contribution in [0.25, 0.3) is 5.82 Å². The van der Waals surface area contributed by atoms with E-state index >= 15 is 0 Å². The summed E-state index contributed by atoms with van der Waals surface area (Å²) >= 11 is 0. The van der Waals surface area contributed by atoms with Crippen LogP contribution >= 0.6 is 0 Å². The normalized spacial score (nSPS) is 13.2. The highest BCUT2D eigenvalue weighted by Crippen LogP contribution is 2.24. The third kappa shape index (κ3) is 5.13. The van der Waals surface area contributed by atoms with Crippen LogP contribution in [0.15, 0.2) is 30.6 Å². The number of hydrogen-bond acceptors (Lipinski definition) is 7. The van der Waals surface area contributed by atoms with Gasteiger partial charge >= 0.3 is 0 Å². The number of benzene rings is 1. The zero-order chi connectivity index (χ0) is 24.1. The van der Waals surface area contributed by atoms with E-state index in [9.17, 15) is 4.79 Å². The molecule has 2 aromatic heterocycles. The number of hydrogen-bond donors (Lipinski definition) is 1. The number of amides is 1. The lowest BCUT2D eigenvalue weighted by molar-refractivity contribution is -0.121. The first-order valence-electron chi connectivity index (χ1n) is 11.6. The van der Waals surface area contributed by atoms with E-state index in [2.05, 4.69) is 20.2 Å². The monoisotopic (exact) mass is 464 g/mol. The van der Waals surface area contributed by atoms with Crippen LogP contribution in [0.4, 0.5) is 5.82 Å². The van der Waals surface area contributed by atoms with Crippen LogP contribution in [-0.4, -0.2) is 53.0 Å². The molecule has 3 heterocycles. The fourth-order valence-corrected chi connectivity index (χ4v) is 4.37. The summed E-state index contributed by atoms with van der Waals surface area (Å²) in [5.41, 5.74) is 3.83. The van der Waals surface area contributed by atoms with Gasteiger partial charge in [-0.15, -0.1) is 0 Å². The second-order valence-corrected chi connectivity index (χ2v) is 8.44. The molecule has 0 spiro atoms. The minimum atomic E-state index is -0.0326. The molecule has 1 N–H and O–H groups in total. The van der Waals surface area contributed by atoms with Gasteiger partial charge in [-0.2, -0.15) is 5.10 Å². The quantitative estimate of drug-likeness (QED) is 0.520. The van der Waals surface area contributed by atoms with E-state index in [-0.39, 0.29) is 5.91 Å². The lowest BCUT2D eigenvalue weighted by Gasteiger charge is -2.16. The van der Waals surface area contributed by atoms with Gasteiger partial charge in [-0.3, -0.25) is 4.79 Å². The van der Waals surface area contributed by atoms with Gasteiger partial charge in [0.15, 0.2) is 5.82 Å². The van der Waals surface area contributed by atoms with Gasteiger partial charge in [0.2, 0.25) is 5.91 Å². The van der Waals surface area contributed by atoms with Gasteiger partial charge in [-0.1, -0.05) is 0 Å². The van der Waals surface area contributed by atoms with Crippen molar-refractivity contribution in [1.82, 2.24) is 25.1 Å². The summed E-state index contributed by atoms with van der Waals surface area (Å²) in [4.78, 5) is 23.8. The summed E-state index contributed by atoms with van der Waals surface area (Å²) in [5, 5.41) is 7.69. The molecule has 180 valence electrons. The molecular weight excluding hydrogens is 432 g/mol. The minimum absolute atomic E-state index is 0.0326. The van der Waals surface area contributed by atoms with E-state index in [1.807, 2.05) is 42.8 Å². The largest absolute Gasteiger partial charge is 0.497 e. The van der Waals surface area contributed by atoms with Crippen molar-refractivity contribution in [3.8, 4) is 17.3 Å². The van der Waals surface area contributed by atoms with Gasteiger partial charge in [0.05, 0.1) is 19.9 Å². The lowest BCUT2D eigenvalue weighted by Crippen LogP contribution is -2.23. The number of aryl methyl sites for hydroxylation is 1. The Morgan fingerprint density at radius 2 is 1.82 bits per heavy atom. The first-order chi connectivity index (χ1) is 16.5. The van der Waals surface area contributed by atoms with Gasteiger partial charge in [0.25, 0.3) is 0 Å². The van der Waals surface area contributed by atoms with Crippen LogP contribution < -0.4 is 19.7 Å². The third-order valence-corrected chi connectivity index (χ3v) is 6.29. The topological polar surface area (TPSA) is 94.4 Å². The number of anilines is 1. The number of methoxy groups -OCH3 is 2. The second kappa shape index (κ2) is 10.5. The van der Waals surface area contributed by atoms with E-state index in [4.69, 9.17) is 14.6 Å². The third-order valence-electron chi connectivity index (χ3n) is 6.29. The standard InChI is InChI=1S/C25H32N6O3/c1-17-21(8-10-25(32)26-15-19-13-20(33-3)7-9-22(19)34-4)18(2)31(29-17)24-14-23(27-16-28-24)30-11-5-6-12-30/h7,9,13-14,16H,5-6,8,10-12,15H2,1-4H3,(H,26,32). The molecule has 34 heavy (non-hydrogen) atoms. The summed E-state index contributed by atoms with van der Waals surface area (Å²) in [5.74, 6) is 3.09. The van der Waals surface area contributed by atoms with Gasteiger partial charge in [0.1, 0.15) is 23.6 Å². The van der Waals surface area contributed by atoms with E-state index in [1.54, 1.807) is 20.5 Å². The number of nitrogens with zero attached hydrogens (tertiary/aromatic N) is 5. The summed E-state index contributed by atoms with van der Waals surface area (Å²) < 4.78 is 12.5. The zero-order valence-electron chi connectivity index (χ0n) is 20.3. The van der Waals surface area contributed by atoms with E-state index < -0.39 is 0 Å². The molecule has 0 bridgehead atoms. The molecular formula is C25H32N6O3. The highest BCUT2D eigenvalue weighted by Gasteiger charge is 2.18. The second-order valence-electron chi connectivity index (χ2n) is 8.44. The predicted octanol–water partition coefficient (Wildman–Crippen LogP) is 3.15. The van der Waals surface area contributed by atoms with Crippen LogP contribution in [0.3, 0.4) is 0 Å². The molecule has 0 saturated carbocycles. The summed E-state index contributed by atoms with van der Waals surface area (Å²) in [6, 6.07) is 7.53. The molecule has 1 aliphatic rings. The maximum atomic E-state index is 12.6. The van der Waals surface area contributed by atoms with Crippen molar-refractivity contribution in [1.29, 1.82) is 0 Å². The summed E-state index contributed by atoms with van der Waals surface area (Å²) in [7, 11) is 3.23. The van der Waals surface area contributed by atoms with Crippen LogP contribution in [0, 0.1) is 13.8 Å². The molecule has 0 radical (unpaired) electrons. The first kappa shape index (κ1) is 23.5. The van der Waals surface area contributed by atoms with Crippen molar-refractivity contribution in [2.45, 2.75) is 46.1 Å². The Kier molecular flexibility index (Phi) is 7.30. The molecule has 0 atom stereocenters. The average molecular weight is 465 g/mol. The molecule has 3 aromatic rings. The van der Waals surface area contributed by atoms with Crippen molar-refractivity contribution in [3.63, 3.8) is 0 Å². The van der Waals surface area contributed by atoms with Gasteiger partial charge < -0.3 is 19.7 Å². The van der Waals surface area contributed by atoms with Crippen LogP contribution in [-0.2, 0) is 17.8 Å². The Morgan fingerprint density at radius 1 is 1.06 bits per heavy atom. The predicted molar refractivity (Wildman–Crippen MR) is 130 cm³/mol. The Balaban J connectivity index is 1.41. The van der Waals surface area contributed by atoms with Gasteiger partial charge in [-0.25, -0.2) is 14.6 Å². The number of ether oxygens (including phenoxy) is 2. The van der Waals surface area contributed by atoms with E-state index in [0.717, 1.165) is 53.0 Å². The van der Waals surface area contributed by atoms with Crippen molar-refractivity contribution >= 4 is 11.7 Å². The van der Waals surface area contributed by atoms with Crippen molar-refractivity contribution in [2.24, 2.45) is 0 Å². The number of rotatable bonds is 9. The van der Waals surface area contributed by atoms with Gasteiger partial charge in [-0.05, 0) is 56.9 Å². The molecule has 4 rings (SSSR count). The fourth-order valence-electron chi connectivity index (χ4n) is 4.37. The van der Waals surface area contributed by atoms with Crippen LogP contribution in [0.1, 0.15) is 41.8 Å². The van der Waals surface area contributed by atoms with Crippen molar-refractivity contribution in [3.05, 3.63) is 53.1 Å². The molecule has 9 nitrogen and oxygen atoms in total. The number of aromatic nitrogens is 4. The molecule has 1 amide bonds.